The Hall–Kier alpha value is -1.17. The zero-order valence-corrected chi connectivity index (χ0v) is 13.5. The normalized spacial score (nSPS) is 18.4. The highest BCUT2D eigenvalue weighted by Crippen LogP contribution is 2.20. The van der Waals surface area contributed by atoms with Crippen LogP contribution in [0.3, 0.4) is 0 Å². The van der Waals surface area contributed by atoms with Gasteiger partial charge in [-0.2, -0.15) is 0 Å². The maximum absolute atomic E-state index is 13.3. The largest absolute Gasteiger partial charge is 0.496 e. The van der Waals surface area contributed by atoms with Gasteiger partial charge < -0.3 is 20.1 Å². The highest BCUT2D eigenvalue weighted by Gasteiger charge is 2.19. The van der Waals surface area contributed by atoms with E-state index in [9.17, 15) is 9.50 Å². The lowest BCUT2D eigenvalue weighted by Gasteiger charge is -2.32. The highest BCUT2D eigenvalue weighted by molar-refractivity contribution is 5.33. The van der Waals surface area contributed by atoms with Gasteiger partial charge in [-0.3, -0.25) is 0 Å². The van der Waals surface area contributed by atoms with Gasteiger partial charge in [-0.15, -0.1) is 0 Å². The molecule has 1 aromatic rings. The Morgan fingerprint density at radius 2 is 2.14 bits per heavy atom. The molecule has 0 spiro atoms. The summed E-state index contributed by atoms with van der Waals surface area (Å²) in [5, 5.41) is 12.8. The molecule has 5 heteroatoms. The Balaban J connectivity index is 1.73. The van der Waals surface area contributed by atoms with Crippen LogP contribution in [-0.2, 0) is 6.54 Å². The van der Waals surface area contributed by atoms with Crippen LogP contribution in [0, 0.1) is 11.7 Å². The predicted molar refractivity (Wildman–Crippen MR) is 85.5 cm³/mol. The fraction of sp³-hybridized carbons (Fsp3) is 0.647. The number of hydrogen-bond acceptors (Lipinski definition) is 4. The number of aliphatic hydroxyl groups is 1. The maximum Gasteiger partial charge on any atom is 0.123 e. The van der Waals surface area contributed by atoms with E-state index in [1.54, 1.807) is 13.2 Å². The van der Waals surface area contributed by atoms with Crippen molar-refractivity contribution in [3.05, 3.63) is 29.6 Å². The topological polar surface area (TPSA) is 44.7 Å². The van der Waals surface area contributed by atoms with Crippen molar-refractivity contribution < 1.29 is 14.2 Å². The Morgan fingerprint density at radius 1 is 1.41 bits per heavy atom. The summed E-state index contributed by atoms with van der Waals surface area (Å²) in [6, 6.07) is 4.61. The number of ether oxygens (including phenoxy) is 1. The van der Waals surface area contributed by atoms with Crippen LogP contribution in [0.4, 0.5) is 4.39 Å². The number of methoxy groups -OCH3 is 1. The van der Waals surface area contributed by atoms with Crippen molar-refractivity contribution >= 4 is 0 Å². The first-order valence-electron chi connectivity index (χ1n) is 8.02. The minimum Gasteiger partial charge on any atom is -0.496 e. The Kier molecular flexibility index (Phi) is 6.61. The number of halogens is 1. The molecule has 2 rings (SSSR count). The van der Waals surface area contributed by atoms with Crippen LogP contribution in [-0.4, -0.2) is 49.4 Å². The van der Waals surface area contributed by atoms with Gasteiger partial charge in [0.05, 0.1) is 13.2 Å². The molecule has 0 amide bonds. The van der Waals surface area contributed by atoms with Crippen LogP contribution < -0.4 is 10.1 Å². The molecule has 0 unspecified atom stereocenters. The summed E-state index contributed by atoms with van der Waals surface area (Å²) < 4.78 is 18.6. The fourth-order valence-corrected chi connectivity index (χ4v) is 3.04. The van der Waals surface area contributed by atoms with Crippen molar-refractivity contribution in [3.8, 4) is 5.75 Å². The number of aliphatic hydroxyl groups excluding tert-OH is 1. The number of piperidine rings is 1. The minimum atomic E-state index is -0.255. The lowest BCUT2D eigenvalue weighted by atomic mass is 9.96. The number of benzene rings is 1. The molecule has 22 heavy (non-hydrogen) atoms. The Bertz CT molecular complexity index is 460. The summed E-state index contributed by atoms with van der Waals surface area (Å²) in [4.78, 5) is 2.32. The molecule has 124 valence electrons. The van der Waals surface area contributed by atoms with Gasteiger partial charge in [-0.1, -0.05) is 0 Å². The molecule has 0 aromatic heterocycles. The second-order valence-electron chi connectivity index (χ2n) is 6.18. The van der Waals surface area contributed by atoms with Crippen LogP contribution >= 0.6 is 0 Å². The summed E-state index contributed by atoms with van der Waals surface area (Å²) in [7, 11) is 1.61. The third-order valence-electron chi connectivity index (χ3n) is 4.22. The van der Waals surface area contributed by atoms with Crippen molar-refractivity contribution in [2.45, 2.75) is 32.4 Å². The molecular formula is C17H27FN2O2. The quantitative estimate of drug-likeness (QED) is 0.809. The zero-order chi connectivity index (χ0) is 15.9. The molecule has 0 radical (unpaired) electrons. The molecule has 4 nitrogen and oxygen atoms in total. The maximum atomic E-state index is 13.3. The number of hydrogen-bond donors (Lipinski definition) is 2. The van der Waals surface area contributed by atoms with Crippen molar-refractivity contribution in [3.63, 3.8) is 0 Å². The summed E-state index contributed by atoms with van der Waals surface area (Å²) in [5.41, 5.74) is 0.856. The van der Waals surface area contributed by atoms with Gasteiger partial charge in [0.15, 0.2) is 0 Å². The number of nitrogens with one attached hydrogen (secondary N) is 1. The first-order valence-corrected chi connectivity index (χ1v) is 8.02. The van der Waals surface area contributed by atoms with Crippen LogP contribution in [0.15, 0.2) is 18.2 Å². The van der Waals surface area contributed by atoms with E-state index in [4.69, 9.17) is 4.74 Å². The Morgan fingerprint density at radius 3 is 2.77 bits per heavy atom. The molecule has 1 aromatic carbocycles. The molecule has 0 saturated carbocycles. The van der Waals surface area contributed by atoms with Gasteiger partial charge >= 0.3 is 0 Å². The molecule has 1 heterocycles. The van der Waals surface area contributed by atoms with Gasteiger partial charge in [0.1, 0.15) is 11.6 Å². The smallest absolute Gasteiger partial charge is 0.123 e. The molecule has 1 aliphatic heterocycles. The first-order chi connectivity index (χ1) is 10.6. The van der Waals surface area contributed by atoms with Crippen molar-refractivity contribution in [1.82, 2.24) is 10.2 Å². The van der Waals surface area contributed by atoms with E-state index in [2.05, 4.69) is 10.2 Å². The van der Waals surface area contributed by atoms with Gasteiger partial charge in [0.2, 0.25) is 0 Å². The third-order valence-corrected chi connectivity index (χ3v) is 4.22. The zero-order valence-electron chi connectivity index (χ0n) is 13.5. The van der Waals surface area contributed by atoms with Crippen LogP contribution in [0.25, 0.3) is 0 Å². The summed E-state index contributed by atoms with van der Waals surface area (Å²) in [6.07, 6.45) is 2.02. The monoisotopic (exact) mass is 310 g/mol. The van der Waals surface area contributed by atoms with Crippen LogP contribution in [0.1, 0.15) is 25.3 Å². The standard InChI is InChI=1S/C17H27FN2O2/c1-13(21)12-20-7-5-14(6-8-20)10-19-11-15-9-16(18)3-4-17(15)22-2/h3-4,9,13-14,19,21H,5-8,10-12H2,1-2H3/t13-/m0/s1. The lowest BCUT2D eigenvalue weighted by molar-refractivity contribution is 0.0998. The minimum absolute atomic E-state index is 0.232. The van der Waals surface area contributed by atoms with Crippen LogP contribution in [0.5, 0.6) is 5.75 Å². The second kappa shape index (κ2) is 8.46. The first kappa shape index (κ1) is 17.2. The molecule has 1 aliphatic rings. The number of likely N-dealkylation sites (tertiary alicyclic amines) is 1. The van der Waals surface area contributed by atoms with Gasteiger partial charge in [-0.25, -0.2) is 4.39 Å². The molecule has 1 saturated heterocycles. The van der Waals surface area contributed by atoms with E-state index >= 15 is 0 Å². The summed E-state index contributed by atoms with van der Waals surface area (Å²) >= 11 is 0. The molecular weight excluding hydrogens is 283 g/mol. The highest BCUT2D eigenvalue weighted by atomic mass is 19.1. The van der Waals surface area contributed by atoms with E-state index in [1.165, 1.54) is 12.1 Å². The number of β-amino-alcohol motifs (C(OH)–C–C–N with tert-alkyl or cyclic N) is 1. The number of nitrogens with zero attached hydrogens (tertiary/aromatic N) is 1. The van der Waals surface area contributed by atoms with Crippen LogP contribution in [0.2, 0.25) is 0 Å². The van der Waals surface area contributed by atoms with E-state index in [1.807, 2.05) is 6.92 Å². The molecule has 0 bridgehead atoms. The van der Waals surface area contributed by atoms with Crippen molar-refractivity contribution in [2.75, 3.05) is 33.3 Å². The average molecular weight is 310 g/mol. The Labute approximate surface area is 132 Å². The van der Waals surface area contributed by atoms with Crippen molar-refractivity contribution in [1.29, 1.82) is 0 Å². The third kappa shape index (κ3) is 5.23. The van der Waals surface area contributed by atoms with E-state index in [-0.39, 0.29) is 11.9 Å². The molecule has 1 fully saturated rings. The van der Waals surface area contributed by atoms with Gasteiger partial charge in [0, 0.05) is 18.7 Å². The molecule has 1 atom stereocenters. The lowest BCUT2D eigenvalue weighted by Crippen LogP contribution is -2.40. The van der Waals surface area contributed by atoms with E-state index in [0.717, 1.165) is 50.3 Å². The average Bonchev–Trinajstić information content (AvgIpc) is 2.49. The molecule has 0 aliphatic carbocycles. The SMILES string of the molecule is COc1ccc(F)cc1CNCC1CCN(C[C@H](C)O)CC1. The predicted octanol–water partition coefficient (Wildman–Crippen LogP) is 2.02. The second-order valence-corrected chi connectivity index (χ2v) is 6.18. The fourth-order valence-electron chi connectivity index (χ4n) is 3.04. The summed E-state index contributed by atoms with van der Waals surface area (Å²) in [5.74, 6) is 1.13. The summed E-state index contributed by atoms with van der Waals surface area (Å²) in [6.45, 7) is 6.23. The van der Waals surface area contributed by atoms with Gasteiger partial charge in [-0.05, 0) is 63.5 Å². The number of rotatable bonds is 7. The van der Waals surface area contributed by atoms with Gasteiger partial charge in [0.25, 0.3) is 0 Å². The van der Waals surface area contributed by atoms with E-state index < -0.39 is 0 Å². The molecule has 2 N–H and O–H groups in total. The van der Waals surface area contributed by atoms with E-state index in [0.29, 0.717) is 12.5 Å². The van der Waals surface area contributed by atoms with Crippen molar-refractivity contribution in [2.24, 2.45) is 5.92 Å².